The molecule has 0 radical (unpaired) electrons. The van der Waals surface area contributed by atoms with E-state index >= 15 is 0 Å². The summed E-state index contributed by atoms with van der Waals surface area (Å²) < 4.78 is 1.85. The molecular weight excluding hydrogens is 176 g/mol. The molecule has 0 amide bonds. The van der Waals surface area contributed by atoms with Gasteiger partial charge in [0.25, 0.3) is 0 Å². The summed E-state index contributed by atoms with van der Waals surface area (Å²) in [6, 6.07) is 3.84. The standard InChI is InChI=1S/C10H12N4/c1-2-6-14-8-12-10(13-14)9-4-3-5-11-7-9/h3-5,7-8H,2,6H2,1H3. The first kappa shape index (κ1) is 8.87. The van der Waals surface area contributed by atoms with Gasteiger partial charge in [-0.25, -0.2) is 4.98 Å². The van der Waals surface area contributed by atoms with E-state index in [2.05, 4.69) is 22.0 Å². The Bertz CT molecular complexity index is 394. The number of aryl methyl sites for hydroxylation is 1. The van der Waals surface area contributed by atoms with Crippen LogP contribution in [0.5, 0.6) is 0 Å². The van der Waals surface area contributed by atoms with Crippen molar-refractivity contribution in [3.8, 4) is 11.4 Å². The number of aromatic nitrogens is 4. The lowest BCUT2D eigenvalue weighted by molar-refractivity contribution is 0.602. The Balaban J connectivity index is 2.25. The van der Waals surface area contributed by atoms with Gasteiger partial charge in [0, 0.05) is 24.5 Å². The highest BCUT2D eigenvalue weighted by molar-refractivity contribution is 5.51. The molecule has 2 aromatic heterocycles. The molecule has 2 aromatic rings. The molecule has 4 nitrogen and oxygen atoms in total. The van der Waals surface area contributed by atoms with Crippen LogP contribution in [0.2, 0.25) is 0 Å². The van der Waals surface area contributed by atoms with Crippen molar-refractivity contribution in [2.24, 2.45) is 0 Å². The average Bonchev–Trinajstić information content (AvgIpc) is 2.68. The average molecular weight is 188 g/mol. The van der Waals surface area contributed by atoms with Crippen molar-refractivity contribution in [3.05, 3.63) is 30.9 Å². The van der Waals surface area contributed by atoms with E-state index in [9.17, 15) is 0 Å². The third kappa shape index (κ3) is 1.79. The molecule has 0 fully saturated rings. The molecule has 0 aliphatic carbocycles. The summed E-state index contributed by atoms with van der Waals surface area (Å²) in [6.45, 7) is 3.03. The van der Waals surface area contributed by atoms with E-state index in [1.54, 1.807) is 18.7 Å². The van der Waals surface area contributed by atoms with Crippen LogP contribution in [-0.2, 0) is 6.54 Å². The number of hydrogen-bond donors (Lipinski definition) is 0. The molecule has 2 heterocycles. The second kappa shape index (κ2) is 4.00. The smallest absolute Gasteiger partial charge is 0.182 e. The summed E-state index contributed by atoms with van der Waals surface area (Å²) in [5.74, 6) is 0.742. The van der Waals surface area contributed by atoms with Crippen molar-refractivity contribution >= 4 is 0 Å². The van der Waals surface area contributed by atoms with Gasteiger partial charge in [-0.1, -0.05) is 6.92 Å². The lowest BCUT2D eigenvalue weighted by Gasteiger charge is -1.94. The number of hydrogen-bond acceptors (Lipinski definition) is 3. The molecule has 14 heavy (non-hydrogen) atoms. The Morgan fingerprint density at radius 1 is 1.43 bits per heavy atom. The summed E-state index contributed by atoms with van der Waals surface area (Å²) >= 11 is 0. The van der Waals surface area contributed by atoms with E-state index in [-0.39, 0.29) is 0 Å². The quantitative estimate of drug-likeness (QED) is 0.737. The minimum absolute atomic E-state index is 0.742. The Morgan fingerprint density at radius 3 is 3.07 bits per heavy atom. The maximum atomic E-state index is 4.34. The van der Waals surface area contributed by atoms with Crippen molar-refractivity contribution in [3.63, 3.8) is 0 Å². The molecule has 72 valence electrons. The summed E-state index contributed by atoms with van der Waals surface area (Å²) in [6.07, 6.45) is 6.33. The molecule has 0 atom stereocenters. The van der Waals surface area contributed by atoms with E-state index in [1.807, 2.05) is 16.8 Å². The van der Waals surface area contributed by atoms with Gasteiger partial charge in [-0.2, -0.15) is 5.10 Å². The van der Waals surface area contributed by atoms with Crippen molar-refractivity contribution < 1.29 is 0 Å². The predicted molar refractivity (Wildman–Crippen MR) is 53.5 cm³/mol. The van der Waals surface area contributed by atoms with Crippen LogP contribution >= 0.6 is 0 Å². The molecule has 0 saturated heterocycles. The zero-order chi connectivity index (χ0) is 9.80. The molecule has 0 aliphatic rings. The van der Waals surface area contributed by atoms with Gasteiger partial charge in [0.1, 0.15) is 6.33 Å². The van der Waals surface area contributed by atoms with Crippen LogP contribution in [0.3, 0.4) is 0 Å². The molecule has 0 saturated carbocycles. The normalized spacial score (nSPS) is 10.4. The van der Waals surface area contributed by atoms with Crippen LogP contribution in [0.1, 0.15) is 13.3 Å². The van der Waals surface area contributed by atoms with Crippen molar-refractivity contribution in [1.29, 1.82) is 0 Å². The fourth-order valence-electron chi connectivity index (χ4n) is 1.26. The zero-order valence-corrected chi connectivity index (χ0v) is 8.09. The van der Waals surface area contributed by atoms with Crippen LogP contribution in [0, 0.1) is 0 Å². The minimum Gasteiger partial charge on any atom is -0.264 e. The Kier molecular flexibility index (Phi) is 2.53. The van der Waals surface area contributed by atoms with E-state index in [0.717, 1.165) is 24.4 Å². The number of rotatable bonds is 3. The fraction of sp³-hybridized carbons (Fsp3) is 0.300. The lowest BCUT2D eigenvalue weighted by Crippen LogP contribution is -1.96. The van der Waals surface area contributed by atoms with Crippen LogP contribution < -0.4 is 0 Å². The third-order valence-corrected chi connectivity index (χ3v) is 1.91. The molecule has 0 N–H and O–H groups in total. The maximum absolute atomic E-state index is 4.34. The maximum Gasteiger partial charge on any atom is 0.182 e. The lowest BCUT2D eigenvalue weighted by atomic mass is 10.3. The Morgan fingerprint density at radius 2 is 2.36 bits per heavy atom. The summed E-state index contributed by atoms with van der Waals surface area (Å²) in [7, 11) is 0. The van der Waals surface area contributed by atoms with Gasteiger partial charge in [0.05, 0.1) is 0 Å². The number of pyridine rings is 1. The molecule has 0 unspecified atom stereocenters. The second-order valence-electron chi connectivity index (χ2n) is 3.07. The number of nitrogens with zero attached hydrogens (tertiary/aromatic N) is 4. The second-order valence-corrected chi connectivity index (χ2v) is 3.07. The molecule has 0 bridgehead atoms. The molecule has 2 rings (SSSR count). The predicted octanol–water partition coefficient (Wildman–Crippen LogP) is 1.75. The van der Waals surface area contributed by atoms with E-state index < -0.39 is 0 Å². The van der Waals surface area contributed by atoms with Gasteiger partial charge < -0.3 is 0 Å². The first-order valence-corrected chi connectivity index (χ1v) is 4.70. The van der Waals surface area contributed by atoms with Crippen LogP contribution in [0.15, 0.2) is 30.9 Å². The highest BCUT2D eigenvalue weighted by Gasteiger charge is 2.02. The van der Waals surface area contributed by atoms with Crippen LogP contribution in [0.25, 0.3) is 11.4 Å². The van der Waals surface area contributed by atoms with Gasteiger partial charge >= 0.3 is 0 Å². The van der Waals surface area contributed by atoms with E-state index in [4.69, 9.17) is 0 Å². The van der Waals surface area contributed by atoms with Gasteiger partial charge in [-0.3, -0.25) is 9.67 Å². The van der Waals surface area contributed by atoms with Crippen molar-refractivity contribution in [2.75, 3.05) is 0 Å². The van der Waals surface area contributed by atoms with E-state index in [1.165, 1.54) is 0 Å². The van der Waals surface area contributed by atoms with Gasteiger partial charge in [0.15, 0.2) is 5.82 Å². The van der Waals surface area contributed by atoms with Crippen molar-refractivity contribution in [1.82, 2.24) is 19.7 Å². The van der Waals surface area contributed by atoms with Gasteiger partial charge in [-0.05, 0) is 18.6 Å². The van der Waals surface area contributed by atoms with Crippen LogP contribution in [0.4, 0.5) is 0 Å². The van der Waals surface area contributed by atoms with Crippen molar-refractivity contribution in [2.45, 2.75) is 19.9 Å². The van der Waals surface area contributed by atoms with Crippen LogP contribution in [-0.4, -0.2) is 19.7 Å². The highest BCUT2D eigenvalue weighted by Crippen LogP contribution is 2.11. The molecule has 0 spiro atoms. The third-order valence-electron chi connectivity index (χ3n) is 1.91. The fourth-order valence-corrected chi connectivity index (χ4v) is 1.26. The molecular formula is C10H12N4. The monoisotopic (exact) mass is 188 g/mol. The zero-order valence-electron chi connectivity index (χ0n) is 8.09. The SMILES string of the molecule is CCCn1cnc(-c2cccnc2)n1. The summed E-state index contributed by atoms with van der Waals surface area (Å²) in [5.41, 5.74) is 0.961. The molecule has 0 aromatic carbocycles. The van der Waals surface area contributed by atoms with Gasteiger partial charge in [0.2, 0.25) is 0 Å². The Labute approximate surface area is 82.6 Å². The molecule has 4 heteroatoms. The minimum atomic E-state index is 0.742. The first-order chi connectivity index (χ1) is 6.90. The largest absolute Gasteiger partial charge is 0.264 e. The first-order valence-electron chi connectivity index (χ1n) is 4.70. The highest BCUT2D eigenvalue weighted by atomic mass is 15.3. The summed E-state index contributed by atoms with van der Waals surface area (Å²) in [5, 5.41) is 4.34. The van der Waals surface area contributed by atoms with Gasteiger partial charge in [-0.15, -0.1) is 0 Å². The summed E-state index contributed by atoms with van der Waals surface area (Å²) in [4.78, 5) is 8.24. The van der Waals surface area contributed by atoms with E-state index in [0.29, 0.717) is 0 Å². The topological polar surface area (TPSA) is 43.6 Å². The Hall–Kier alpha value is -1.71. The molecule has 0 aliphatic heterocycles.